The molecule has 92 valence electrons. The molecule has 0 bridgehead atoms. The van der Waals surface area contributed by atoms with Crippen LogP contribution in [-0.2, 0) is 17.1 Å². The van der Waals surface area contributed by atoms with Crippen LogP contribution in [0.1, 0.15) is 22.7 Å². The molecular formula is C13H11ClN2OS. The molecule has 1 aliphatic carbocycles. The van der Waals surface area contributed by atoms with Crippen LogP contribution in [0.2, 0.25) is 0 Å². The monoisotopic (exact) mass is 278 g/mol. The van der Waals surface area contributed by atoms with Crippen molar-refractivity contribution >= 4 is 34.0 Å². The molecule has 1 N–H and O–H groups in total. The fraction of sp³-hybridized carbons (Fsp3) is 0.231. The van der Waals surface area contributed by atoms with Gasteiger partial charge in [0.1, 0.15) is 0 Å². The number of aromatic nitrogens is 1. The first-order valence-corrected chi connectivity index (χ1v) is 7.08. The molecule has 2 aromatic rings. The third-order valence-corrected chi connectivity index (χ3v) is 4.17. The van der Waals surface area contributed by atoms with Crippen molar-refractivity contribution < 1.29 is 4.79 Å². The molecule has 1 aromatic carbocycles. The van der Waals surface area contributed by atoms with Gasteiger partial charge in [-0.15, -0.1) is 22.9 Å². The van der Waals surface area contributed by atoms with Gasteiger partial charge in [0.15, 0.2) is 5.13 Å². The molecule has 1 aromatic heterocycles. The van der Waals surface area contributed by atoms with Gasteiger partial charge in [0.2, 0.25) is 5.91 Å². The molecule has 3 rings (SSSR count). The van der Waals surface area contributed by atoms with Crippen LogP contribution in [0.15, 0.2) is 29.6 Å². The number of nitrogens with one attached hydrogen (secondary N) is 1. The second-order valence-electron chi connectivity index (χ2n) is 4.22. The first-order chi connectivity index (χ1) is 8.78. The summed E-state index contributed by atoms with van der Waals surface area (Å²) >= 11 is 7.08. The molecule has 0 fully saturated rings. The van der Waals surface area contributed by atoms with Crippen LogP contribution in [0.5, 0.6) is 0 Å². The smallest absolute Gasteiger partial charge is 0.234 e. The Hall–Kier alpha value is -1.39. The standard InChI is InChI=1S/C13H11ClN2OS/c14-6-9-7-18-13(15-9)16-12(17)11-5-8-3-1-2-4-10(8)11/h1-4,7,11H,5-6H2,(H,15,16,17). The number of rotatable bonds is 3. The lowest BCUT2D eigenvalue weighted by Crippen LogP contribution is -2.30. The van der Waals surface area contributed by atoms with Crippen LogP contribution in [0, 0.1) is 0 Å². The van der Waals surface area contributed by atoms with Crippen LogP contribution in [-0.4, -0.2) is 10.9 Å². The highest BCUT2D eigenvalue weighted by molar-refractivity contribution is 7.14. The minimum atomic E-state index is -0.0375. The Bertz CT molecular complexity index is 596. The van der Waals surface area contributed by atoms with E-state index < -0.39 is 0 Å². The normalized spacial score (nSPS) is 16.8. The van der Waals surface area contributed by atoms with E-state index in [1.165, 1.54) is 16.9 Å². The van der Waals surface area contributed by atoms with Crippen LogP contribution < -0.4 is 5.32 Å². The number of carbonyl (C=O) groups excluding carboxylic acids is 1. The van der Waals surface area contributed by atoms with Gasteiger partial charge < -0.3 is 5.32 Å². The van der Waals surface area contributed by atoms with Gasteiger partial charge in [-0.25, -0.2) is 4.98 Å². The summed E-state index contributed by atoms with van der Waals surface area (Å²) < 4.78 is 0. The molecule has 5 heteroatoms. The van der Waals surface area contributed by atoms with E-state index in [0.29, 0.717) is 11.0 Å². The van der Waals surface area contributed by atoms with Gasteiger partial charge in [-0.05, 0) is 17.5 Å². The lowest BCUT2D eigenvalue weighted by atomic mass is 9.77. The Balaban J connectivity index is 1.70. The average molecular weight is 279 g/mol. The topological polar surface area (TPSA) is 42.0 Å². The van der Waals surface area contributed by atoms with Gasteiger partial charge in [-0.1, -0.05) is 24.3 Å². The molecule has 0 saturated carbocycles. The number of fused-ring (bicyclic) bond motifs is 1. The highest BCUT2D eigenvalue weighted by Crippen LogP contribution is 2.35. The number of carbonyl (C=O) groups is 1. The third kappa shape index (κ3) is 2.02. The number of halogens is 1. The van der Waals surface area contributed by atoms with Gasteiger partial charge in [-0.3, -0.25) is 4.79 Å². The van der Waals surface area contributed by atoms with Crippen molar-refractivity contribution in [1.82, 2.24) is 4.98 Å². The molecule has 0 spiro atoms. The predicted octanol–water partition coefficient (Wildman–Crippen LogP) is 3.16. The summed E-state index contributed by atoms with van der Waals surface area (Å²) in [6.07, 6.45) is 0.815. The van der Waals surface area contributed by atoms with Crippen LogP contribution in [0.4, 0.5) is 5.13 Å². The molecule has 1 atom stereocenters. The average Bonchev–Trinajstić information content (AvgIpc) is 2.78. The molecule has 0 aliphatic heterocycles. The summed E-state index contributed by atoms with van der Waals surface area (Å²) in [5.74, 6) is 0.354. The highest BCUT2D eigenvalue weighted by atomic mass is 35.5. The Labute approximate surface area is 114 Å². The van der Waals surface area contributed by atoms with Crippen molar-refractivity contribution in [3.63, 3.8) is 0 Å². The van der Waals surface area contributed by atoms with Crippen molar-refractivity contribution in [2.24, 2.45) is 0 Å². The van der Waals surface area contributed by atoms with Crippen LogP contribution in [0.3, 0.4) is 0 Å². The first kappa shape index (κ1) is 11.7. The zero-order valence-electron chi connectivity index (χ0n) is 9.52. The van der Waals surface area contributed by atoms with E-state index in [4.69, 9.17) is 11.6 Å². The van der Waals surface area contributed by atoms with E-state index >= 15 is 0 Å². The predicted molar refractivity (Wildman–Crippen MR) is 73.2 cm³/mol. The molecule has 3 nitrogen and oxygen atoms in total. The number of nitrogens with zero attached hydrogens (tertiary/aromatic N) is 1. The quantitative estimate of drug-likeness (QED) is 0.877. The van der Waals surface area contributed by atoms with Crippen molar-refractivity contribution in [2.75, 3.05) is 5.32 Å². The van der Waals surface area contributed by atoms with E-state index in [1.54, 1.807) is 0 Å². The summed E-state index contributed by atoms with van der Waals surface area (Å²) in [5, 5.41) is 5.33. The van der Waals surface area contributed by atoms with Crippen LogP contribution in [0.25, 0.3) is 0 Å². The Morgan fingerprint density at radius 1 is 1.50 bits per heavy atom. The number of hydrogen-bond acceptors (Lipinski definition) is 3. The Morgan fingerprint density at radius 3 is 3.06 bits per heavy atom. The maximum absolute atomic E-state index is 12.1. The number of anilines is 1. The van der Waals surface area contributed by atoms with Gasteiger partial charge in [0.05, 0.1) is 17.5 Å². The van der Waals surface area contributed by atoms with Crippen molar-refractivity contribution in [1.29, 1.82) is 0 Å². The van der Waals surface area contributed by atoms with Gasteiger partial charge in [0, 0.05) is 5.38 Å². The third-order valence-electron chi connectivity index (χ3n) is 3.09. The maximum Gasteiger partial charge on any atom is 0.234 e. The number of thiazole rings is 1. The number of amides is 1. The molecule has 18 heavy (non-hydrogen) atoms. The van der Waals surface area contributed by atoms with E-state index in [9.17, 15) is 4.79 Å². The molecule has 1 aliphatic rings. The van der Waals surface area contributed by atoms with E-state index in [1.807, 2.05) is 23.6 Å². The summed E-state index contributed by atoms with van der Waals surface area (Å²) in [4.78, 5) is 16.3. The number of benzene rings is 1. The molecular weight excluding hydrogens is 268 g/mol. The Kier molecular flexibility index (Phi) is 3.06. The van der Waals surface area contributed by atoms with Gasteiger partial charge in [-0.2, -0.15) is 0 Å². The summed E-state index contributed by atoms with van der Waals surface area (Å²) in [7, 11) is 0. The Morgan fingerprint density at radius 2 is 2.33 bits per heavy atom. The first-order valence-electron chi connectivity index (χ1n) is 5.67. The molecule has 1 unspecified atom stereocenters. The SMILES string of the molecule is O=C(Nc1nc(CCl)cs1)C1Cc2ccccc21. The number of hydrogen-bond donors (Lipinski definition) is 1. The fourth-order valence-corrected chi connectivity index (χ4v) is 3.05. The molecule has 1 heterocycles. The second-order valence-corrected chi connectivity index (χ2v) is 5.35. The number of alkyl halides is 1. The van der Waals surface area contributed by atoms with E-state index in [-0.39, 0.29) is 11.8 Å². The van der Waals surface area contributed by atoms with Crippen molar-refractivity contribution in [3.05, 3.63) is 46.5 Å². The summed E-state index contributed by atoms with van der Waals surface area (Å²) in [5.41, 5.74) is 3.19. The fourth-order valence-electron chi connectivity index (χ4n) is 2.11. The lowest BCUT2D eigenvalue weighted by Gasteiger charge is -2.28. The molecule has 1 amide bonds. The maximum atomic E-state index is 12.1. The molecule has 0 saturated heterocycles. The highest BCUT2D eigenvalue weighted by Gasteiger charge is 2.31. The second kappa shape index (κ2) is 4.71. The zero-order valence-corrected chi connectivity index (χ0v) is 11.1. The summed E-state index contributed by atoms with van der Waals surface area (Å²) in [6, 6.07) is 8.04. The minimum Gasteiger partial charge on any atom is -0.301 e. The van der Waals surface area contributed by atoms with Crippen LogP contribution >= 0.6 is 22.9 Å². The van der Waals surface area contributed by atoms with E-state index in [0.717, 1.165) is 17.7 Å². The summed E-state index contributed by atoms with van der Waals surface area (Å²) in [6.45, 7) is 0. The minimum absolute atomic E-state index is 0.0178. The molecule has 0 radical (unpaired) electrons. The van der Waals surface area contributed by atoms with E-state index in [2.05, 4.69) is 16.4 Å². The van der Waals surface area contributed by atoms with Crippen molar-refractivity contribution in [3.8, 4) is 0 Å². The van der Waals surface area contributed by atoms with Crippen molar-refractivity contribution in [2.45, 2.75) is 18.2 Å². The van der Waals surface area contributed by atoms with Gasteiger partial charge in [0.25, 0.3) is 0 Å². The zero-order chi connectivity index (χ0) is 12.5. The van der Waals surface area contributed by atoms with Gasteiger partial charge >= 0.3 is 0 Å². The lowest BCUT2D eigenvalue weighted by molar-refractivity contribution is -0.118. The largest absolute Gasteiger partial charge is 0.301 e.